The molecule has 6 nitrogen and oxygen atoms in total. The molecule has 0 saturated carbocycles. The Labute approximate surface area is 108 Å². The van der Waals surface area contributed by atoms with Crippen LogP contribution >= 0.6 is 0 Å². The lowest BCUT2D eigenvalue weighted by molar-refractivity contribution is 0.318. The van der Waals surface area contributed by atoms with Crippen LogP contribution in [0.1, 0.15) is 46.3 Å². The first-order valence-corrected chi connectivity index (χ1v) is 6.32. The Morgan fingerprint density at radius 2 is 1.83 bits per heavy atom. The molecule has 2 N–H and O–H groups in total. The van der Waals surface area contributed by atoms with E-state index >= 15 is 0 Å². The Hall–Kier alpha value is -1.59. The van der Waals surface area contributed by atoms with Crippen molar-refractivity contribution in [2.45, 2.75) is 46.6 Å². The quantitative estimate of drug-likeness (QED) is 0.627. The van der Waals surface area contributed by atoms with Gasteiger partial charge in [0.1, 0.15) is 6.54 Å². The molecule has 0 spiro atoms. The van der Waals surface area contributed by atoms with E-state index in [1.165, 1.54) is 0 Å². The number of aliphatic imine (C=N–C) groups is 1. The average Bonchev–Trinajstić information content (AvgIpc) is 2.75. The highest BCUT2D eigenvalue weighted by molar-refractivity contribution is 5.79. The number of hydrogen-bond acceptors (Lipinski definition) is 4. The normalized spacial score (nSPS) is 11.2. The van der Waals surface area contributed by atoms with Gasteiger partial charge in [-0.05, 0) is 13.8 Å². The zero-order valence-electron chi connectivity index (χ0n) is 11.9. The molecule has 102 valence electrons. The van der Waals surface area contributed by atoms with E-state index < -0.39 is 0 Å². The van der Waals surface area contributed by atoms with Gasteiger partial charge >= 0.3 is 0 Å². The van der Waals surface area contributed by atoms with Crippen LogP contribution in [0.3, 0.4) is 0 Å². The van der Waals surface area contributed by atoms with Crippen molar-refractivity contribution in [2.75, 3.05) is 13.1 Å². The van der Waals surface area contributed by atoms with Crippen LogP contribution in [-0.2, 0) is 12.0 Å². The van der Waals surface area contributed by atoms with Crippen LogP contribution in [0.4, 0.5) is 0 Å². The number of hydrogen-bond donors (Lipinski definition) is 2. The Morgan fingerprint density at radius 1 is 1.22 bits per heavy atom. The van der Waals surface area contributed by atoms with Crippen molar-refractivity contribution < 1.29 is 4.52 Å². The summed E-state index contributed by atoms with van der Waals surface area (Å²) in [6.07, 6.45) is 0. The summed E-state index contributed by atoms with van der Waals surface area (Å²) < 4.78 is 5.21. The zero-order chi connectivity index (χ0) is 13.6. The number of rotatable bonds is 4. The van der Waals surface area contributed by atoms with Gasteiger partial charge in [0, 0.05) is 18.5 Å². The fraction of sp³-hybridized carbons (Fsp3) is 0.750. The lowest BCUT2D eigenvalue weighted by atomic mass is 9.97. The fourth-order valence-electron chi connectivity index (χ4n) is 1.28. The first-order valence-electron chi connectivity index (χ1n) is 6.32. The van der Waals surface area contributed by atoms with Crippen LogP contribution in [0, 0.1) is 0 Å². The molecular formula is C12H23N5O. The molecule has 0 saturated heterocycles. The molecule has 0 amide bonds. The second-order valence-electron chi connectivity index (χ2n) is 4.99. The molecule has 1 aromatic heterocycles. The minimum Gasteiger partial charge on any atom is -0.357 e. The number of nitrogens with zero attached hydrogens (tertiary/aromatic N) is 3. The minimum absolute atomic E-state index is 0.124. The van der Waals surface area contributed by atoms with Gasteiger partial charge in [-0.3, -0.25) is 0 Å². The smallest absolute Gasteiger partial charge is 0.232 e. The van der Waals surface area contributed by atoms with Crippen LogP contribution in [0.15, 0.2) is 9.52 Å². The fourth-order valence-corrected chi connectivity index (χ4v) is 1.28. The minimum atomic E-state index is -0.124. The van der Waals surface area contributed by atoms with E-state index in [0.717, 1.165) is 19.0 Å². The van der Waals surface area contributed by atoms with Crippen molar-refractivity contribution in [1.82, 2.24) is 20.8 Å². The molecule has 0 bridgehead atoms. The summed E-state index contributed by atoms with van der Waals surface area (Å²) in [5.74, 6) is 2.01. The number of aromatic nitrogens is 2. The largest absolute Gasteiger partial charge is 0.357 e. The second kappa shape index (κ2) is 6.37. The molecule has 0 fully saturated rings. The maximum Gasteiger partial charge on any atom is 0.232 e. The van der Waals surface area contributed by atoms with Crippen molar-refractivity contribution >= 4 is 5.96 Å². The Morgan fingerprint density at radius 3 is 2.28 bits per heavy atom. The van der Waals surface area contributed by atoms with Crippen LogP contribution in [0.25, 0.3) is 0 Å². The standard InChI is InChI=1S/C12H23N5O/c1-6-13-11(14-7-2)15-8-9-16-10(18-17-9)12(3,4)5/h6-8H2,1-5H3,(H2,13,14,15). The molecule has 18 heavy (non-hydrogen) atoms. The molecule has 1 rings (SSSR count). The summed E-state index contributed by atoms with van der Waals surface area (Å²) in [6, 6.07) is 0. The van der Waals surface area contributed by atoms with E-state index in [0.29, 0.717) is 18.3 Å². The third-order valence-electron chi connectivity index (χ3n) is 2.18. The van der Waals surface area contributed by atoms with Gasteiger partial charge < -0.3 is 15.2 Å². The number of guanidine groups is 1. The lowest BCUT2D eigenvalue weighted by Crippen LogP contribution is -2.37. The molecule has 0 aromatic carbocycles. The first kappa shape index (κ1) is 14.5. The maximum absolute atomic E-state index is 5.21. The Balaban J connectivity index is 2.66. The van der Waals surface area contributed by atoms with Gasteiger partial charge in [0.25, 0.3) is 0 Å². The van der Waals surface area contributed by atoms with Crippen molar-refractivity contribution in [3.05, 3.63) is 11.7 Å². The summed E-state index contributed by atoms with van der Waals surface area (Å²) in [7, 11) is 0. The summed E-state index contributed by atoms with van der Waals surface area (Å²) in [5, 5.41) is 10.2. The third kappa shape index (κ3) is 4.35. The summed E-state index contributed by atoms with van der Waals surface area (Å²) in [4.78, 5) is 8.71. The van der Waals surface area contributed by atoms with E-state index in [9.17, 15) is 0 Å². The predicted octanol–water partition coefficient (Wildman–Crippen LogP) is 1.44. The van der Waals surface area contributed by atoms with Gasteiger partial charge in [-0.15, -0.1) is 0 Å². The lowest BCUT2D eigenvalue weighted by Gasteiger charge is -2.10. The molecule has 1 heterocycles. The van der Waals surface area contributed by atoms with Crippen molar-refractivity contribution in [1.29, 1.82) is 0 Å². The monoisotopic (exact) mass is 253 g/mol. The molecule has 0 aliphatic carbocycles. The van der Waals surface area contributed by atoms with Gasteiger partial charge in [0.15, 0.2) is 11.8 Å². The highest BCUT2D eigenvalue weighted by atomic mass is 16.5. The Kier molecular flexibility index (Phi) is 5.12. The molecule has 0 aliphatic rings. The summed E-state index contributed by atoms with van der Waals surface area (Å²) >= 11 is 0. The Bertz CT molecular complexity index is 383. The molecule has 0 unspecified atom stereocenters. The van der Waals surface area contributed by atoms with Crippen LogP contribution < -0.4 is 10.6 Å². The predicted molar refractivity (Wildman–Crippen MR) is 71.5 cm³/mol. The van der Waals surface area contributed by atoms with Gasteiger partial charge in [0.05, 0.1) is 0 Å². The molecule has 1 aromatic rings. The molecule has 0 atom stereocenters. The SMILES string of the molecule is CCNC(=NCc1noc(C(C)(C)C)n1)NCC. The topological polar surface area (TPSA) is 75.3 Å². The van der Waals surface area contributed by atoms with E-state index in [-0.39, 0.29) is 5.41 Å². The maximum atomic E-state index is 5.21. The van der Waals surface area contributed by atoms with Crippen molar-refractivity contribution in [3.8, 4) is 0 Å². The second-order valence-corrected chi connectivity index (χ2v) is 4.99. The molecule has 0 aliphatic heterocycles. The van der Waals surface area contributed by atoms with E-state index in [2.05, 4.69) is 25.8 Å². The third-order valence-corrected chi connectivity index (χ3v) is 2.18. The van der Waals surface area contributed by atoms with E-state index in [1.54, 1.807) is 0 Å². The summed E-state index contributed by atoms with van der Waals surface area (Å²) in [6.45, 7) is 12.2. The van der Waals surface area contributed by atoms with Gasteiger partial charge in [-0.1, -0.05) is 25.9 Å². The summed E-state index contributed by atoms with van der Waals surface area (Å²) in [5.41, 5.74) is -0.124. The zero-order valence-corrected chi connectivity index (χ0v) is 11.9. The van der Waals surface area contributed by atoms with Gasteiger partial charge in [-0.2, -0.15) is 4.98 Å². The first-order chi connectivity index (χ1) is 8.47. The van der Waals surface area contributed by atoms with Crippen LogP contribution in [-0.4, -0.2) is 29.2 Å². The molecule has 0 radical (unpaired) electrons. The molecular weight excluding hydrogens is 230 g/mol. The number of nitrogens with one attached hydrogen (secondary N) is 2. The van der Waals surface area contributed by atoms with E-state index in [1.807, 2.05) is 34.6 Å². The van der Waals surface area contributed by atoms with Crippen molar-refractivity contribution in [3.63, 3.8) is 0 Å². The molecule has 6 heteroatoms. The van der Waals surface area contributed by atoms with Gasteiger partial charge in [0.2, 0.25) is 5.89 Å². The highest BCUT2D eigenvalue weighted by Gasteiger charge is 2.21. The van der Waals surface area contributed by atoms with Crippen LogP contribution in [0.2, 0.25) is 0 Å². The van der Waals surface area contributed by atoms with Gasteiger partial charge in [-0.25, -0.2) is 4.99 Å². The average molecular weight is 253 g/mol. The highest BCUT2D eigenvalue weighted by Crippen LogP contribution is 2.19. The van der Waals surface area contributed by atoms with Crippen LogP contribution in [0.5, 0.6) is 0 Å². The van der Waals surface area contributed by atoms with E-state index in [4.69, 9.17) is 4.52 Å². The van der Waals surface area contributed by atoms with Crippen molar-refractivity contribution in [2.24, 2.45) is 4.99 Å².